The monoisotopic (exact) mass is 574 g/mol. The summed E-state index contributed by atoms with van der Waals surface area (Å²) in [6, 6.07) is 0. The molecule has 4 saturated carbocycles. The predicted molar refractivity (Wildman–Crippen MR) is 173 cm³/mol. The van der Waals surface area contributed by atoms with Gasteiger partial charge in [0.05, 0.1) is 0 Å². The molecular formula is C30H58P4S. The molecule has 5 heteroatoms. The van der Waals surface area contributed by atoms with Crippen LogP contribution in [-0.4, -0.2) is 11.5 Å². The van der Waals surface area contributed by atoms with E-state index in [2.05, 4.69) is 31.0 Å². The quantitative estimate of drug-likeness (QED) is 0.240. The van der Waals surface area contributed by atoms with Gasteiger partial charge in [-0.3, -0.25) is 0 Å². The lowest BCUT2D eigenvalue weighted by atomic mass is 9.69. The first kappa shape index (κ1) is 29.9. The Morgan fingerprint density at radius 2 is 0.829 bits per heavy atom. The predicted octanol–water partition coefficient (Wildman–Crippen LogP) is 11.6. The van der Waals surface area contributed by atoms with Gasteiger partial charge in [-0.2, -0.15) is 10.1 Å². The molecule has 3 unspecified atom stereocenters. The Bertz CT molecular complexity index is 620. The second-order valence-corrected chi connectivity index (χ2v) is 28.8. The lowest BCUT2D eigenvalue weighted by molar-refractivity contribution is 0.156. The molecular weight excluding hydrogens is 516 g/mol. The van der Waals surface area contributed by atoms with E-state index in [-0.39, 0.29) is 6.99 Å². The van der Waals surface area contributed by atoms with E-state index in [0.717, 1.165) is 46.7 Å². The number of hydrogen-bond donors (Lipinski definition) is 0. The van der Waals surface area contributed by atoms with Crippen molar-refractivity contribution in [2.45, 2.75) is 141 Å². The van der Waals surface area contributed by atoms with Gasteiger partial charge in [0, 0.05) is 5.25 Å². The Morgan fingerprint density at radius 3 is 1.11 bits per heavy atom. The fourth-order valence-corrected chi connectivity index (χ4v) is 23.8. The fourth-order valence-electron chi connectivity index (χ4n) is 8.62. The minimum absolute atomic E-state index is 0.109. The second-order valence-electron chi connectivity index (χ2n) is 13.4. The van der Waals surface area contributed by atoms with Crippen LogP contribution >= 0.6 is 31.9 Å². The van der Waals surface area contributed by atoms with Crippen LogP contribution in [0.4, 0.5) is 0 Å². The third-order valence-corrected chi connectivity index (χ3v) is 24.2. The van der Waals surface area contributed by atoms with Crippen molar-refractivity contribution >= 4 is 42.0 Å². The van der Waals surface area contributed by atoms with Gasteiger partial charge in [-0.15, -0.1) is 0 Å². The van der Waals surface area contributed by atoms with Crippen molar-refractivity contribution in [3.8, 4) is 0 Å². The molecule has 35 heavy (non-hydrogen) atoms. The van der Waals surface area contributed by atoms with Crippen LogP contribution in [0.15, 0.2) is 0 Å². The lowest BCUT2D eigenvalue weighted by Crippen LogP contribution is -2.25. The molecule has 4 aliphatic carbocycles. The van der Waals surface area contributed by atoms with E-state index < -0.39 is 0 Å². The second kappa shape index (κ2) is 15.7. The maximum absolute atomic E-state index is 3.04. The molecule has 4 rings (SSSR count). The van der Waals surface area contributed by atoms with E-state index in [1.54, 1.807) is 103 Å². The molecule has 0 N–H and O–H groups in total. The minimum atomic E-state index is 0.109. The van der Waals surface area contributed by atoms with Gasteiger partial charge in [-0.25, -0.2) is 0 Å². The summed E-state index contributed by atoms with van der Waals surface area (Å²) < 4.78 is 0. The zero-order valence-corrected chi connectivity index (χ0v) is 28.1. The van der Waals surface area contributed by atoms with Gasteiger partial charge in [-0.05, 0) is 107 Å². The van der Waals surface area contributed by atoms with Gasteiger partial charge in [-0.1, -0.05) is 108 Å². The molecule has 0 aromatic rings. The molecule has 3 atom stereocenters. The van der Waals surface area contributed by atoms with E-state index in [4.69, 9.17) is 0 Å². The molecule has 4 fully saturated rings. The maximum Gasteiger partial charge on any atom is 0.00357 e. The molecule has 0 saturated heterocycles. The van der Waals surface area contributed by atoms with Crippen LogP contribution in [0.3, 0.4) is 0 Å². The van der Waals surface area contributed by atoms with Crippen LogP contribution in [0.5, 0.6) is 0 Å². The van der Waals surface area contributed by atoms with E-state index in [0.29, 0.717) is 10.1 Å². The van der Waals surface area contributed by atoms with Crippen LogP contribution < -0.4 is 0 Å². The standard InChI is InChI=1S/C30H58P4S/c1-3-23-4-6-24(7-5-23)20-25-8-10-26(11-9-25)21-27-12-14-28(15-13-27)22-29-16-18-30(19-17-29)35(2)33-34(31)32/h23-30H,3-22,31-32H2,1-2H3. The molecule has 0 aromatic heterocycles. The number of hydrogen-bond acceptors (Lipinski definition) is 0. The largest absolute Gasteiger partial charge is 0.158 e. The van der Waals surface area contributed by atoms with Gasteiger partial charge in [0.15, 0.2) is 0 Å². The van der Waals surface area contributed by atoms with Crippen molar-refractivity contribution < 1.29 is 0 Å². The highest BCUT2D eigenvalue weighted by atomic mass is 32.9. The first-order chi connectivity index (χ1) is 17.0. The van der Waals surface area contributed by atoms with Crippen molar-refractivity contribution in [2.75, 3.05) is 6.26 Å². The summed E-state index contributed by atoms with van der Waals surface area (Å²) in [5, 5.41) is 1.04. The molecule has 0 radical (unpaired) electrons. The smallest absolute Gasteiger partial charge is 0.00357 e. The summed E-state index contributed by atoms with van der Waals surface area (Å²) >= 11 is 0. The van der Waals surface area contributed by atoms with Crippen molar-refractivity contribution in [2.24, 2.45) is 41.4 Å². The Morgan fingerprint density at radius 1 is 0.543 bits per heavy atom. The third kappa shape index (κ3) is 10.1. The van der Waals surface area contributed by atoms with Gasteiger partial charge in [0.1, 0.15) is 0 Å². The SMILES string of the molecule is CCC1CCC(CC2CCC(CC3CCC(CC4CCC(S(C)=PP(P)P)CC4)CC3)CC2)CC1. The van der Waals surface area contributed by atoms with E-state index >= 15 is 0 Å². The maximum atomic E-state index is 3.04. The topological polar surface area (TPSA) is 0 Å². The Hall–Kier alpha value is 1.94. The summed E-state index contributed by atoms with van der Waals surface area (Å²) in [7, 11) is 8.44. The molecule has 0 nitrogen and oxygen atoms in total. The highest BCUT2D eigenvalue weighted by molar-refractivity contribution is 8.75. The molecule has 0 heterocycles. The van der Waals surface area contributed by atoms with Crippen molar-refractivity contribution in [1.29, 1.82) is 0 Å². The van der Waals surface area contributed by atoms with Gasteiger partial charge >= 0.3 is 0 Å². The van der Waals surface area contributed by atoms with Crippen molar-refractivity contribution in [1.82, 2.24) is 0 Å². The van der Waals surface area contributed by atoms with Crippen molar-refractivity contribution in [3.63, 3.8) is 0 Å². The van der Waals surface area contributed by atoms with Gasteiger partial charge in [0.25, 0.3) is 0 Å². The van der Waals surface area contributed by atoms with Gasteiger partial charge < -0.3 is 0 Å². The molecule has 0 aliphatic heterocycles. The van der Waals surface area contributed by atoms with Crippen LogP contribution in [0.1, 0.15) is 135 Å². The Labute approximate surface area is 229 Å². The molecule has 0 aromatic carbocycles. The summed E-state index contributed by atoms with van der Waals surface area (Å²) in [6.07, 6.45) is 33.7. The fraction of sp³-hybridized carbons (Fsp3) is 1.00. The summed E-state index contributed by atoms with van der Waals surface area (Å²) in [5.41, 5.74) is 0. The molecule has 0 spiro atoms. The Balaban J connectivity index is 1.07. The van der Waals surface area contributed by atoms with Gasteiger partial charge in [0.2, 0.25) is 0 Å². The highest BCUT2D eigenvalue weighted by Gasteiger charge is 2.31. The normalized spacial score (nSPS) is 40.1. The van der Waals surface area contributed by atoms with E-state index in [1.165, 1.54) is 32.1 Å². The first-order valence-corrected chi connectivity index (χ1v) is 24.1. The highest BCUT2D eigenvalue weighted by Crippen LogP contribution is 2.65. The molecule has 0 bridgehead atoms. The number of rotatable bonds is 9. The van der Waals surface area contributed by atoms with Crippen LogP contribution in [0, 0.1) is 41.4 Å². The Kier molecular flexibility index (Phi) is 13.4. The summed E-state index contributed by atoms with van der Waals surface area (Å²) in [4.78, 5) is 0. The molecule has 204 valence electrons. The lowest BCUT2D eigenvalue weighted by Gasteiger charge is -2.37. The van der Waals surface area contributed by atoms with E-state index in [1.807, 2.05) is 0 Å². The molecule has 0 amide bonds. The zero-order valence-electron chi connectivity index (χ0n) is 23.2. The molecule has 4 aliphatic rings. The summed E-state index contributed by atoms with van der Waals surface area (Å²) in [5.74, 6) is 7.57. The van der Waals surface area contributed by atoms with Crippen molar-refractivity contribution in [3.05, 3.63) is 0 Å². The van der Waals surface area contributed by atoms with E-state index in [9.17, 15) is 0 Å². The average molecular weight is 575 g/mol. The minimum Gasteiger partial charge on any atom is -0.158 e. The zero-order chi connectivity index (χ0) is 24.6. The van der Waals surface area contributed by atoms with Crippen LogP contribution in [0.25, 0.3) is 0 Å². The first-order valence-electron chi connectivity index (χ1n) is 15.6. The average Bonchev–Trinajstić information content (AvgIpc) is 2.87. The summed E-state index contributed by atoms with van der Waals surface area (Å²) in [6.45, 7) is 2.51. The van der Waals surface area contributed by atoms with Crippen LogP contribution in [0.2, 0.25) is 0 Å². The third-order valence-electron chi connectivity index (χ3n) is 11.0. The van der Waals surface area contributed by atoms with Crippen LogP contribution in [-0.2, 0) is 10.1 Å².